The SMILES string of the molecule is Cc1noc(C)c1CN1CCCN(C(=O)c2ccncc2)CC1. The Morgan fingerprint density at radius 3 is 2.65 bits per heavy atom. The monoisotopic (exact) mass is 314 g/mol. The van der Waals surface area contributed by atoms with E-state index in [1.54, 1.807) is 24.5 Å². The van der Waals surface area contributed by atoms with E-state index in [2.05, 4.69) is 15.0 Å². The average molecular weight is 314 g/mol. The van der Waals surface area contributed by atoms with E-state index < -0.39 is 0 Å². The number of aryl methyl sites for hydroxylation is 2. The second-order valence-electron chi connectivity index (χ2n) is 5.96. The zero-order chi connectivity index (χ0) is 16.2. The van der Waals surface area contributed by atoms with E-state index in [9.17, 15) is 4.79 Å². The van der Waals surface area contributed by atoms with Crippen LogP contribution in [0.4, 0.5) is 0 Å². The molecule has 0 radical (unpaired) electrons. The summed E-state index contributed by atoms with van der Waals surface area (Å²) in [5.41, 5.74) is 2.83. The summed E-state index contributed by atoms with van der Waals surface area (Å²) in [4.78, 5) is 20.8. The molecule has 1 aliphatic heterocycles. The van der Waals surface area contributed by atoms with Crippen molar-refractivity contribution in [2.75, 3.05) is 26.2 Å². The molecule has 0 saturated carbocycles. The summed E-state index contributed by atoms with van der Waals surface area (Å²) in [6.07, 6.45) is 4.30. The Kier molecular flexibility index (Phi) is 4.71. The van der Waals surface area contributed by atoms with Gasteiger partial charge < -0.3 is 9.42 Å². The number of rotatable bonds is 3. The number of carbonyl (C=O) groups excluding carboxylic acids is 1. The molecule has 122 valence electrons. The molecule has 0 bridgehead atoms. The van der Waals surface area contributed by atoms with Gasteiger partial charge in [-0.25, -0.2) is 0 Å². The highest BCUT2D eigenvalue weighted by Crippen LogP contribution is 2.17. The van der Waals surface area contributed by atoms with E-state index in [4.69, 9.17) is 4.52 Å². The second-order valence-corrected chi connectivity index (χ2v) is 5.96. The third kappa shape index (κ3) is 3.59. The number of hydrogen-bond acceptors (Lipinski definition) is 5. The zero-order valence-electron chi connectivity index (χ0n) is 13.7. The van der Waals surface area contributed by atoms with E-state index in [1.165, 1.54) is 5.56 Å². The molecule has 3 rings (SSSR count). The molecule has 0 aromatic carbocycles. The second kappa shape index (κ2) is 6.91. The number of amides is 1. The quantitative estimate of drug-likeness (QED) is 0.867. The Balaban J connectivity index is 1.62. The van der Waals surface area contributed by atoms with Gasteiger partial charge in [-0.2, -0.15) is 0 Å². The van der Waals surface area contributed by atoms with Gasteiger partial charge in [0, 0.05) is 56.2 Å². The van der Waals surface area contributed by atoms with Crippen LogP contribution in [0.1, 0.15) is 33.8 Å². The van der Waals surface area contributed by atoms with E-state index >= 15 is 0 Å². The lowest BCUT2D eigenvalue weighted by Gasteiger charge is -2.22. The van der Waals surface area contributed by atoms with Gasteiger partial charge in [-0.3, -0.25) is 14.7 Å². The fourth-order valence-electron chi connectivity index (χ4n) is 2.96. The molecule has 2 aromatic heterocycles. The normalized spacial score (nSPS) is 16.3. The molecule has 1 saturated heterocycles. The summed E-state index contributed by atoms with van der Waals surface area (Å²) in [6, 6.07) is 3.55. The highest BCUT2D eigenvalue weighted by atomic mass is 16.5. The van der Waals surface area contributed by atoms with Crippen molar-refractivity contribution in [2.45, 2.75) is 26.8 Å². The number of nitrogens with zero attached hydrogens (tertiary/aromatic N) is 4. The van der Waals surface area contributed by atoms with Crippen LogP contribution in [-0.4, -0.2) is 52.0 Å². The molecule has 6 heteroatoms. The van der Waals surface area contributed by atoms with Gasteiger partial charge in [0.15, 0.2) is 0 Å². The first-order valence-corrected chi connectivity index (χ1v) is 7.98. The largest absolute Gasteiger partial charge is 0.361 e. The third-order valence-corrected chi connectivity index (χ3v) is 4.37. The van der Waals surface area contributed by atoms with E-state index in [0.29, 0.717) is 5.56 Å². The maximum Gasteiger partial charge on any atom is 0.254 e. The van der Waals surface area contributed by atoms with Gasteiger partial charge in [-0.15, -0.1) is 0 Å². The predicted molar refractivity (Wildman–Crippen MR) is 86.0 cm³/mol. The first-order chi connectivity index (χ1) is 11.1. The highest BCUT2D eigenvalue weighted by Gasteiger charge is 2.21. The van der Waals surface area contributed by atoms with Gasteiger partial charge in [0.05, 0.1) is 5.69 Å². The van der Waals surface area contributed by atoms with Crippen LogP contribution in [0.25, 0.3) is 0 Å². The van der Waals surface area contributed by atoms with Gasteiger partial charge in [-0.1, -0.05) is 5.16 Å². The minimum atomic E-state index is 0.0894. The van der Waals surface area contributed by atoms with E-state index in [-0.39, 0.29) is 5.91 Å². The van der Waals surface area contributed by atoms with Gasteiger partial charge in [0.2, 0.25) is 0 Å². The average Bonchev–Trinajstić information content (AvgIpc) is 2.79. The summed E-state index contributed by atoms with van der Waals surface area (Å²) in [7, 11) is 0. The Hall–Kier alpha value is -2.21. The van der Waals surface area contributed by atoms with Crippen molar-refractivity contribution < 1.29 is 9.32 Å². The van der Waals surface area contributed by atoms with Gasteiger partial charge in [0.25, 0.3) is 5.91 Å². The van der Waals surface area contributed by atoms with Crippen molar-refractivity contribution in [3.63, 3.8) is 0 Å². The molecular formula is C17H22N4O2. The van der Waals surface area contributed by atoms with Gasteiger partial charge >= 0.3 is 0 Å². The molecule has 1 aliphatic rings. The maximum atomic E-state index is 12.5. The topological polar surface area (TPSA) is 62.5 Å². The van der Waals surface area contributed by atoms with Crippen LogP contribution >= 0.6 is 0 Å². The van der Waals surface area contributed by atoms with Crippen molar-refractivity contribution in [3.05, 3.63) is 47.1 Å². The predicted octanol–water partition coefficient (Wildman–Crippen LogP) is 2.03. The molecule has 3 heterocycles. The zero-order valence-corrected chi connectivity index (χ0v) is 13.7. The van der Waals surface area contributed by atoms with Crippen LogP contribution in [0, 0.1) is 13.8 Å². The standard InChI is InChI=1S/C17H22N4O2/c1-13-16(14(2)23-19-13)12-20-8-3-9-21(11-10-20)17(22)15-4-6-18-7-5-15/h4-7H,3,8-12H2,1-2H3. The highest BCUT2D eigenvalue weighted by molar-refractivity contribution is 5.94. The Morgan fingerprint density at radius 2 is 1.96 bits per heavy atom. The number of carbonyl (C=O) groups is 1. The summed E-state index contributed by atoms with van der Waals surface area (Å²) >= 11 is 0. The molecule has 0 atom stereocenters. The minimum Gasteiger partial charge on any atom is -0.361 e. The third-order valence-electron chi connectivity index (χ3n) is 4.37. The van der Waals surface area contributed by atoms with Crippen molar-refractivity contribution in [3.8, 4) is 0 Å². The molecule has 23 heavy (non-hydrogen) atoms. The molecule has 1 amide bonds. The van der Waals surface area contributed by atoms with E-state index in [0.717, 1.165) is 50.6 Å². The van der Waals surface area contributed by atoms with Crippen LogP contribution in [0.3, 0.4) is 0 Å². The number of pyridine rings is 1. The summed E-state index contributed by atoms with van der Waals surface area (Å²) in [6.45, 7) is 8.13. The smallest absolute Gasteiger partial charge is 0.254 e. The van der Waals surface area contributed by atoms with Crippen LogP contribution in [-0.2, 0) is 6.54 Å². The molecule has 0 aliphatic carbocycles. The Bertz CT molecular complexity index is 649. The number of hydrogen-bond donors (Lipinski definition) is 0. The Labute approximate surface area is 136 Å². The molecule has 0 spiro atoms. The fraction of sp³-hybridized carbons (Fsp3) is 0.471. The molecular weight excluding hydrogens is 292 g/mol. The lowest BCUT2D eigenvalue weighted by atomic mass is 10.2. The lowest BCUT2D eigenvalue weighted by molar-refractivity contribution is 0.0761. The van der Waals surface area contributed by atoms with E-state index in [1.807, 2.05) is 18.7 Å². The van der Waals surface area contributed by atoms with Crippen LogP contribution < -0.4 is 0 Å². The maximum absolute atomic E-state index is 12.5. The van der Waals surface area contributed by atoms with Crippen LogP contribution in [0.2, 0.25) is 0 Å². The molecule has 0 unspecified atom stereocenters. The summed E-state index contributed by atoms with van der Waals surface area (Å²) in [5, 5.41) is 4.02. The van der Waals surface area contributed by atoms with Crippen LogP contribution in [0.5, 0.6) is 0 Å². The molecule has 0 N–H and O–H groups in total. The summed E-state index contributed by atoms with van der Waals surface area (Å²) < 4.78 is 5.24. The van der Waals surface area contributed by atoms with Gasteiger partial charge in [-0.05, 0) is 32.4 Å². The first-order valence-electron chi connectivity index (χ1n) is 7.98. The fourth-order valence-corrected chi connectivity index (χ4v) is 2.96. The van der Waals surface area contributed by atoms with Crippen molar-refractivity contribution in [1.82, 2.24) is 19.9 Å². The van der Waals surface area contributed by atoms with Crippen LogP contribution in [0.15, 0.2) is 29.0 Å². The number of aromatic nitrogens is 2. The molecule has 1 fully saturated rings. The van der Waals surface area contributed by atoms with Crippen molar-refractivity contribution >= 4 is 5.91 Å². The molecule has 2 aromatic rings. The van der Waals surface area contributed by atoms with Crippen molar-refractivity contribution in [2.24, 2.45) is 0 Å². The summed E-state index contributed by atoms with van der Waals surface area (Å²) in [5.74, 6) is 0.975. The van der Waals surface area contributed by atoms with Crippen molar-refractivity contribution in [1.29, 1.82) is 0 Å². The molecule has 6 nitrogen and oxygen atoms in total. The minimum absolute atomic E-state index is 0.0894. The lowest BCUT2D eigenvalue weighted by Crippen LogP contribution is -2.35. The van der Waals surface area contributed by atoms with Gasteiger partial charge in [0.1, 0.15) is 5.76 Å². The first kappa shape index (κ1) is 15.7. The Morgan fingerprint density at radius 1 is 1.17 bits per heavy atom.